The van der Waals surface area contributed by atoms with E-state index in [2.05, 4.69) is 0 Å². The lowest BCUT2D eigenvalue weighted by Crippen LogP contribution is -2.11. The van der Waals surface area contributed by atoms with Gasteiger partial charge in [0.25, 0.3) is 0 Å². The fourth-order valence-corrected chi connectivity index (χ4v) is 0. The van der Waals surface area contributed by atoms with Crippen molar-refractivity contribution in [1.29, 1.82) is 0 Å². The summed E-state index contributed by atoms with van der Waals surface area (Å²) in [4.78, 5) is 37.5. The summed E-state index contributed by atoms with van der Waals surface area (Å²) in [5, 5.41) is 30.9. The molecule has 0 saturated heterocycles. The summed E-state index contributed by atoms with van der Waals surface area (Å²) in [6, 6.07) is 0. The number of carboxylic acid groups (broad SMARTS) is 4. The summed E-state index contributed by atoms with van der Waals surface area (Å²) in [7, 11) is 0. The number of nitrogens with two attached hydrogens (primary N) is 4. The smallest absolute Gasteiger partial charge is 0.303 e. The van der Waals surface area contributed by atoms with Gasteiger partial charge in [0.2, 0.25) is 0 Å². The van der Waals surface area contributed by atoms with Gasteiger partial charge >= 0.3 is 23.9 Å². The molecule has 0 spiro atoms. The van der Waals surface area contributed by atoms with E-state index < -0.39 is 23.9 Å². The monoisotopic (exact) mass is 416 g/mol. The molecule has 12 heteroatoms. The largest absolute Gasteiger partial charge is 0.481 e. The molecule has 172 valence electrons. The maximum atomic E-state index is 9.37. The minimum Gasteiger partial charge on any atom is -0.481 e. The Hall–Kier alpha value is -2.28. The Morgan fingerprint density at radius 2 is 0.536 bits per heavy atom. The Labute approximate surface area is 166 Å². The molecule has 0 aliphatic rings. The van der Waals surface area contributed by atoms with Gasteiger partial charge in [-0.1, -0.05) is 27.7 Å². The van der Waals surface area contributed by atoms with Gasteiger partial charge in [-0.2, -0.15) is 0 Å². The normalized spacial score (nSPS) is 7.43. The lowest BCUT2D eigenvalue weighted by atomic mass is 10.5. The first-order valence-electron chi connectivity index (χ1n) is 8.59. The summed E-state index contributed by atoms with van der Waals surface area (Å²) >= 11 is 0. The number of rotatable bonds is 6. The molecule has 0 unspecified atom stereocenters. The molecular weight excluding hydrogens is 376 g/mol. The third-order valence-electron chi connectivity index (χ3n) is 1.54. The predicted octanol–water partition coefficient (Wildman–Crippen LogP) is -0.268. The maximum Gasteiger partial charge on any atom is 0.303 e. The molecule has 0 aliphatic heterocycles. The van der Waals surface area contributed by atoms with E-state index in [-0.39, 0.29) is 25.7 Å². The average Bonchev–Trinajstić information content (AvgIpc) is 2.69. The Balaban J connectivity index is -0.0000000520. The van der Waals surface area contributed by atoms with Crippen LogP contribution in [0.4, 0.5) is 0 Å². The molecule has 12 nitrogen and oxygen atoms in total. The van der Waals surface area contributed by atoms with Gasteiger partial charge in [0, 0.05) is 51.9 Å². The molecule has 0 aromatic rings. The molecule has 0 heterocycles. The fraction of sp³-hybridized carbons (Fsp3) is 0.750. The molecule has 0 aromatic carbocycles. The van der Waals surface area contributed by atoms with Crippen LogP contribution in [-0.4, -0.2) is 70.5 Å². The van der Waals surface area contributed by atoms with E-state index in [1.165, 1.54) is 0 Å². The van der Waals surface area contributed by atoms with E-state index in [1.54, 1.807) is 27.7 Å². The summed E-state index contributed by atoms with van der Waals surface area (Å²) in [6.45, 7) is 8.79. The standard InChI is InChI=1S/4C3H6O2.2C2H8N2/c4*1-2-3(4)5;2*3-1-2-4/h4*2H2,1H3,(H,4,5);2*1-4H2. The van der Waals surface area contributed by atoms with E-state index >= 15 is 0 Å². The molecule has 0 fully saturated rings. The lowest BCUT2D eigenvalue weighted by Gasteiger charge is -1.72. The molecule has 0 bridgehead atoms. The van der Waals surface area contributed by atoms with Crippen molar-refractivity contribution in [3.63, 3.8) is 0 Å². The van der Waals surface area contributed by atoms with Crippen LogP contribution in [0.25, 0.3) is 0 Å². The van der Waals surface area contributed by atoms with Gasteiger partial charge in [-0.05, 0) is 0 Å². The van der Waals surface area contributed by atoms with Gasteiger partial charge in [-0.25, -0.2) is 0 Å². The zero-order chi connectivity index (χ0) is 24.0. The zero-order valence-electron chi connectivity index (χ0n) is 17.4. The second-order valence-electron chi connectivity index (χ2n) is 4.14. The van der Waals surface area contributed by atoms with Crippen molar-refractivity contribution in [2.75, 3.05) is 26.2 Å². The number of hydrogen-bond acceptors (Lipinski definition) is 8. The Morgan fingerprint density at radius 1 is 0.464 bits per heavy atom. The lowest BCUT2D eigenvalue weighted by molar-refractivity contribution is -0.137. The number of hydrogen-bond donors (Lipinski definition) is 8. The highest BCUT2D eigenvalue weighted by molar-refractivity contribution is 5.66. The summed E-state index contributed by atoms with van der Waals surface area (Å²) in [6.07, 6.45) is 0.889. The molecule has 0 amide bonds. The minimum absolute atomic E-state index is 0.222. The number of carbonyl (C=O) groups is 4. The first-order chi connectivity index (χ1) is 12.9. The number of carboxylic acids is 4. The summed E-state index contributed by atoms with van der Waals surface area (Å²) in [5.41, 5.74) is 19.6. The van der Waals surface area contributed by atoms with Crippen LogP contribution >= 0.6 is 0 Å². The van der Waals surface area contributed by atoms with Crippen LogP contribution < -0.4 is 22.9 Å². The van der Waals surface area contributed by atoms with E-state index in [4.69, 9.17) is 43.4 Å². The van der Waals surface area contributed by atoms with Crippen molar-refractivity contribution in [3.05, 3.63) is 0 Å². The molecule has 0 rings (SSSR count). The van der Waals surface area contributed by atoms with Crippen molar-refractivity contribution in [2.24, 2.45) is 22.9 Å². The van der Waals surface area contributed by atoms with E-state index in [0.29, 0.717) is 26.2 Å². The van der Waals surface area contributed by atoms with Crippen molar-refractivity contribution in [1.82, 2.24) is 0 Å². The van der Waals surface area contributed by atoms with Gasteiger partial charge in [0.05, 0.1) is 0 Å². The third kappa shape index (κ3) is 205. The maximum absolute atomic E-state index is 9.37. The van der Waals surface area contributed by atoms with Crippen molar-refractivity contribution in [3.8, 4) is 0 Å². The zero-order valence-corrected chi connectivity index (χ0v) is 17.4. The molecule has 0 aromatic heterocycles. The van der Waals surface area contributed by atoms with Crippen molar-refractivity contribution < 1.29 is 39.6 Å². The summed E-state index contributed by atoms with van der Waals surface area (Å²) in [5.74, 6) is -2.98. The first-order valence-corrected chi connectivity index (χ1v) is 8.59. The molecule has 0 atom stereocenters. The van der Waals surface area contributed by atoms with Crippen LogP contribution in [0.5, 0.6) is 0 Å². The van der Waals surface area contributed by atoms with Crippen LogP contribution in [-0.2, 0) is 19.2 Å². The SMILES string of the molecule is CCC(=O)O.CCC(=O)O.CCC(=O)O.CCC(=O)O.NCCN.NCCN. The quantitative estimate of drug-likeness (QED) is 0.278. The van der Waals surface area contributed by atoms with Crippen LogP contribution in [0.3, 0.4) is 0 Å². The van der Waals surface area contributed by atoms with Gasteiger partial charge in [0.1, 0.15) is 0 Å². The Kier molecular flexibility index (Phi) is 63.9. The summed E-state index contributed by atoms with van der Waals surface area (Å²) < 4.78 is 0. The Bertz CT molecular complexity index is 279. The van der Waals surface area contributed by atoms with E-state index in [1.807, 2.05) is 0 Å². The molecular formula is C16H40N4O8. The average molecular weight is 417 g/mol. The fourth-order valence-electron chi connectivity index (χ4n) is 0. The molecule has 0 aliphatic carbocycles. The first kappa shape index (κ1) is 40.4. The molecule has 12 N–H and O–H groups in total. The highest BCUT2D eigenvalue weighted by Gasteiger charge is 1.82. The van der Waals surface area contributed by atoms with Crippen LogP contribution in [0.15, 0.2) is 0 Å². The van der Waals surface area contributed by atoms with Crippen LogP contribution in [0.2, 0.25) is 0 Å². The van der Waals surface area contributed by atoms with Gasteiger partial charge in [-0.15, -0.1) is 0 Å². The van der Waals surface area contributed by atoms with E-state index in [9.17, 15) is 19.2 Å². The van der Waals surface area contributed by atoms with Gasteiger partial charge in [-0.3, -0.25) is 19.2 Å². The highest BCUT2D eigenvalue weighted by atomic mass is 16.4. The highest BCUT2D eigenvalue weighted by Crippen LogP contribution is 1.68. The predicted molar refractivity (Wildman–Crippen MR) is 108 cm³/mol. The van der Waals surface area contributed by atoms with Gasteiger partial charge < -0.3 is 43.4 Å². The molecule has 28 heavy (non-hydrogen) atoms. The third-order valence-corrected chi connectivity index (χ3v) is 1.54. The second-order valence-corrected chi connectivity index (χ2v) is 4.14. The van der Waals surface area contributed by atoms with Crippen molar-refractivity contribution >= 4 is 23.9 Å². The van der Waals surface area contributed by atoms with Crippen LogP contribution in [0.1, 0.15) is 53.4 Å². The Morgan fingerprint density at radius 3 is 0.536 bits per heavy atom. The van der Waals surface area contributed by atoms with Crippen molar-refractivity contribution in [2.45, 2.75) is 53.4 Å². The van der Waals surface area contributed by atoms with E-state index in [0.717, 1.165) is 0 Å². The number of aliphatic carboxylic acids is 4. The minimum atomic E-state index is -0.745. The second kappa shape index (κ2) is 44.3. The van der Waals surface area contributed by atoms with Crippen LogP contribution in [0, 0.1) is 0 Å². The molecule has 0 saturated carbocycles. The topological polar surface area (TPSA) is 253 Å². The van der Waals surface area contributed by atoms with Gasteiger partial charge in [0.15, 0.2) is 0 Å². The molecule has 0 radical (unpaired) electrons.